The molecule has 34 heavy (non-hydrogen) atoms. The monoisotopic (exact) mass is 504 g/mol. The molecular formula is C23H32N6O3S2. The SMILES string of the molecule is Cc1nsc(N(CC#N)[C@@H](CC(C)C)C(N)=O)c1-c1ccc(N2CCN(S(C)(=O)=O)CC2)cc1. The number of anilines is 2. The lowest BCUT2D eigenvalue weighted by Gasteiger charge is -2.34. The predicted octanol–water partition coefficient (Wildman–Crippen LogP) is 2.43. The van der Waals surface area contributed by atoms with Gasteiger partial charge < -0.3 is 15.5 Å². The number of nitrogens with zero attached hydrogens (tertiary/aromatic N) is 5. The van der Waals surface area contributed by atoms with Gasteiger partial charge in [0.2, 0.25) is 15.9 Å². The van der Waals surface area contributed by atoms with Crippen molar-refractivity contribution in [1.29, 1.82) is 5.26 Å². The van der Waals surface area contributed by atoms with Gasteiger partial charge in [0.1, 0.15) is 17.6 Å². The Hall–Kier alpha value is -2.68. The summed E-state index contributed by atoms with van der Waals surface area (Å²) in [6.45, 7) is 8.18. The average Bonchev–Trinajstić information content (AvgIpc) is 3.16. The molecular weight excluding hydrogens is 472 g/mol. The standard InChI is InChI=1S/C23H32N6O3S2/c1-16(2)15-20(22(25)30)29(10-9-24)23-21(17(3)26-33-23)18-5-7-19(8-6-18)27-11-13-28(14-12-27)34(4,31)32/h5-8,16,20H,10-15H2,1-4H3,(H2,25,30)/t20-/m0/s1. The number of hydrogen-bond acceptors (Lipinski definition) is 8. The number of carbonyl (C=O) groups excluding carboxylic acids is 1. The zero-order valence-corrected chi connectivity index (χ0v) is 21.7. The van der Waals surface area contributed by atoms with Gasteiger partial charge in [-0.15, -0.1) is 0 Å². The Kier molecular flexibility index (Phi) is 8.17. The van der Waals surface area contributed by atoms with E-state index in [1.165, 1.54) is 22.1 Å². The maximum absolute atomic E-state index is 12.3. The van der Waals surface area contributed by atoms with E-state index in [2.05, 4.69) is 15.3 Å². The fourth-order valence-electron chi connectivity index (χ4n) is 4.25. The van der Waals surface area contributed by atoms with E-state index in [1.54, 1.807) is 4.90 Å². The van der Waals surface area contributed by atoms with Crippen molar-refractivity contribution in [3.05, 3.63) is 30.0 Å². The number of sulfonamides is 1. The first-order valence-corrected chi connectivity index (χ1v) is 13.8. The lowest BCUT2D eigenvalue weighted by atomic mass is 10.00. The number of aromatic nitrogens is 1. The van der Waals surface area contributed by atoms with Crippen molar-refractivity contribution in [2.45, 2.75) is 33.2 Å². The second kappa shape index (κ2) is 10.7. The molecule has 0 saturated carbocycles. The van der Waals surface area contributed by atoms with E-state index < -0.39 is 22.0 Å². The van der Waals surface area contributed by atoms with E-state index >= 15 is 0 Å². The molecule has 0 aliphatic carbocycles. The summed E-state index contributed by atoms with van der Waals surface area (Å²) in [5.74, 6) is -0.219. The first kappa shape index (κ1) is 25.9. The quantitative estimate of drug-likeness (QED) is 0.520. The third-order valence-corrected chi connectivity index (χ3v) is 8.25. The smallest absolute Gasteiger partial charge is 0.240 e. The minimum atomic E-state index is -3.17. The Labute approximate surface area is 206 Å². The van der Waals surface area contributed by atoms with E-state index in [0.717, 1.165) is 27.5 Å². The largest absolute Gasteiger partial charge is 0.369 e. The van der Waals surface area contributed by atoms with E-state index in [4.69, 9.17) is 5.73 Å². The van der Waals surface area contributed by atoms with Crippen LogP contribution >= 0.6 is 11.5 Å². The highest BCUT2D eigenvalue weighted by atomic mass is 32.2. The average molecular weight is 505 g/mol. The Morgan fingerprint density at radius 1 is 1.24 bits per heavy atom. The molecule has 1 saturated heterocycles. The summed E-state index contributed by atoms with van der Waals surface area (Å²) in [7, 11) is -3.17. The minimum absolute atomic E-state index is 0.0393. The van der Waals surface area contributed by atoms with Crippen molar-refractivity contribution in [2.24, 2.45) is 11.7 Å². The first-order chi connectivity index (χ1) is 16.0. The molecule has 2 aromatic rings. The van der Waals surface area contributed by atoms with Gasteiger partial charge in [0.25, 0.3) is 0 Å². The third kappa shape index (κ3) is 5.87. The number of carbonyl (C=O) groups is 1. The summed E-state index contributed by atoms with van der Waals surface area (Å²) in [4.78, 5) is 16.2. The van der Waals surface area contributed by atoms with E-state index in [1.807, 2.05) is 45.0 Å². The van der Waals surface area contributed by atoms with Crippen LogP contribution in [-0.2, 0) is 14.8 Å². The zero-order valence-electron chi connectivity index (χ0n) is 20.1. The van der Waals surface area contributed by atoms with E-state index in [0.29, 0.717) is 32.6 Å². The second-order valence-corrected chi connectivity index (χ2v) is 11.7. The Balaban J connectivity index is 1.88. The molecule has 9 nitrogen and oxygen atoms in total. The lowest BCUT2D eigenvalue weighted by molar-refractivity contribution is -0.119. The minimum Gasteiger partial charge on any atom is -0.369 e. The molecule has 3 rings (SSSR count). The molecule has 0 bridgehead atoms. The molecule has 2 heterocycles. The van der Waals surface area contributed by atoms with Crippen LogP contribution < -0.4 is 15.5 Å². The van der Waals surface area contributed by atoms with Crippen LogP contribution in [0.15, 0.2) is 24.3 Å². The maximum Gasteiger partial charge on any atom is 0.240 e. The van der Waals surface area contributed by atoms with Crippen LogP contribution in [0, 0.1) is 24.2 Å². The van der Waals surface area contributed by atoms with Crippen LogP contribution in [0.2, 0.25) is 0 Å². The van der Waals surface area contributed by atoms with Gasteiger partial charge in [-0.05, 0) is 48.5 Å². The lowest BCUT2D eigenvalue weighted by Crippen LogP contribution is -2.48. The van der Waals surface area contributed by atoms with Gasteiger partial charge in [0.15, 0.2) is 0 Å². The summed E-state index contributed by atoms with van der Waals surface area (Å²) < 4.78 is 29.6. The van der Waals surface area contributed by atoms with Crippen molar-refractivity contribution < 1.29 is 13.2 Å². The maximum atomic E-state index is 12.3. The molecule has 0 radical (unpaired) electrons. The molecule has 1 aliphatic rings. The molecule has 0 spiro atoms. The molecule has 1 aromatic carbocycles. The van der Waals surface area contributed by atoms with Gasteiger partial charge in [-0.3, -0.25) is 4.79 Å². The van der Waals surface area contributed by atoms with E-state index in [9.17, 15) is 18.5 Å². The molecule has 1 fully saturated rings. The van der Waals surface area contributed by atoms with E-state index in [-0.39, 0.29) is 12.5 Å². The molecule has 1 amide bonds. The number of aryl methyl sites for hydroxylation is 1. The summed E-state index contributed by atoms with van der Waals surface area (Å²) in [6, 6.07) is 9.62. The van der Waals surface area contributed by atoms with Gasteiger partial charge >= 0.3 is 0 Å². The Bertz CT molecular complexity index is 1150. The van der Waals surface area contributed by atoms with Crippen molar-refractivity contribution in [1.82, 2.24) is 8.68 Å². The molecule has 2 N–H and O–H groups in total. The zero-order chi connectivity index (χ0) is 25.0. The van der Waals surface area contributed by atoms with Crippen molar-refractivity contribution in [2.75, 3.05) is 48.8 Å². The van der Waals surface area contributed by atoms with Gasteiger partial charge in [-0.1, -0.05) is 26.0 Å². The molecule has 184 valence electrons. The number of nitriles is 1. The van der Waals surface area contributed by atoms with Crippen molar-refractivity contribution in [3.63, 3.8) is 0 Å². The highest BCUT2D eigenvalue weighted by Gasteiger charge is 2.30. The number of nitrogens with two attached hydrogens (primary N) is 1. The van der Waals surface area contributed by atoms with Crippen LogP contribution in [0.5, 0.6) is 0 Å². The molecule has 11 heteroatoms. The van der Waals surface area contributed by atoms with Gasteiger partial charge in [-0.25, -0.2) is 8.42 Å². The summed E-state index contributed by atoms with van der Waals surface area (Å²) in [6.07, 6.45) is 1.79. The van der Waals surface area contributed by atoms with Gasteiger partial charge in [0, 0.05) is 37.4 Å². The van der Waals surface area contributed by atoms with Crippen LogP contribution in [0.25, 0.3) is 11.1 Å². The number of piperazine rings is 1. The van der Waals surface area contributed by atoms with Gasteiger partial charge in [0.05, 0.1) is 18.0 Å². The molecule has 1 aromatic heterocycles. The Morgan fingerprint density at radius 2 is 1.85 bits per heavy atom. The Morgan fingerprint density at radius 3 is 2.35 bits per heavy atom. The van der Waals surface area contributed by atoms with Crippen molar-refractivity contribution in [3.8, 4) is 17.2 Å². The molecule has 1 aliphatic heterocycles. The highest BCUT2D eigenvalue weighted by Crippen LogP contribution is 2.39. The van der Waals surface area contributed by atoms with Crippen LogP contribution in [0.4, 0.5) is 10.7 Å². The van der Waals surface area contributed by atoms with Crippen LogP contribution in [0.3, 0.4) is 0 Å². The summed E-state index contributed by atoms with van der Waals surface area (Å²) >= 11 is 1.27. The fraction of sp³-hybridized carbons (Fsp3) is 0.522. The van der Waals surface area contributed by atoms with Crippen LogP contribution in [0.1, 0.15) is 26.0 Å². The summed E-state index contributed by atoms with van der Waals surface area (Å²) in [5, 5.41) is 10.2. The number of hydrogen-bond donors (Lipinski definition) is 1. The number of benzene rings is 1. The fourth-order valence-corrected chi connectivity index (χ4v) is 6.04. The molecule has 1 atom stereocenters. The van der Waals surface area contributed by atoms with Crippen LogP contribution in [-0.4, -0.2) is 68.0 Å². The topological polar surface area (TPSA) is 124 Å². The molecule has 0 unspecified atom stereocenters. The number of primary amides is 1. The highest BCUT2D eigenvalue weighted by molar-refractivity contribution is 7.88. The number of rotatable bonds is 9. The third-order valence-electron chi connectivity index (χ3n) is 5.97. The summed E-state index contributed by atoms with van der Waals surface area (Å²) in [5.41, 5.74) is 9.41. The van der Waals surface area contributed by atoms with Gasteiger partial charge in [-0.2, -0.15) is 13.9 Å². The number of amides is 1. The predicted molar refractivity (Wildman–Crippen MR) is 136 cm³/mol. The van der Waals surface area contributed by atoms with Crippen molar-refractivity contribution >= 4 is 38.2 Å². The first-order valence-electron chi connectivity index (χ1n) is 11.2. The second-order valence-electron chi connectivity index (χ2n) is 8.98. The normalized spacial score (nSPS) is 15.8.